The molecule has 2 aromatic rings. The Bertz CT molecular complexity index is 1020. The zero-order valence-corrected chi connectivity index (χ0v) is 17.1. The van der Waals surface area contributed by atoms with Crippen LogP contribution in [0.25, 0.3) is 10.8 Å². The summed E-state index contributed by atoms with van der Waals surface area (Å²) in [4.78, 5) is 27.3. The van der Waals surface area contributed by atoms with Crippen LogP contribution >= 0.6 is 0 Å². The smallest absolute Gasteiger partial charge is 0.339 e. The summed E-state index contributed by atoms with van der Waals surface area (Å²) in [7, 11) is -3.10. The molecule has 6 nitrogen and oxygen atoms in total. The zero-order chi connectivity index (χ0) is 20.4. The van der Waals surface area contributed by atoms with Crippen molar-refractivity contribution in [2.45, 2.75) is 44.2 Å². The maximum Gasteiger partial charge on any atom is 0.339 e. The van der Waals surface area contributed by atoms with Crippen molar-refractivity contribution in [1.29, 1.82) is 0 Å². The Kier molecular flexibility index (Phi) is 5.58. The van der Waals surface area contributed by atoms with Crippen molar-refractivity contribution < 1.29 is 22.7 Å². The minimum absolute atomic E-state index is 0.00646. The van der Waals surface area contributed by atoms with E-state index in [0.717, 1.165) is 36.5 Å². The molecular weight excluding hydrogens is 390 g/mol. The normalized spacial score (nSPS) is 21.3. The van der Waals surface area contributed by atoms with Crippen LogP contribution in [0.3, 0.4) is 0 Å². The van der Waals surface area contributed by atoms with Gasteiger partial charge >= 0.3 is 5.97 Å². The molecule has 0 spiro atoms. The van der Waals surface area contributed by atoms with Crippen LogP contribution < -0.4 is 0 Å². The van der Waals surface area contributed by atoms with Crippen molar-refractivity contribution in [2.75, 3.05) is 18.1 Å². The Hall–Kier alpha value is -2.41. The van der Waals surface area contributed by atoms with Gasteiger partial charge in [0.05, 0.1) is 17.1 Å². The molecule has 0 bridgehead atoms. The molecule has 1 saturated carbocycles. The molecule has 29 heavy (non-hydrogen) atoms. The minimum atomic E-state index is -3.10. The van der Waals surface area contributed by atoms with E-state index in [4.69, 9.17) is 4.74 Å². The average molecular weight is 416 g/mol. The number of hydrogen-bond donors (Lipinski definition) is 0. The number of fused-ring (bicyclic) bond motifs is 1. The molecule has 2 fully saturated rings. The molecule has 1 amide bonds. The molecule has 1 saturated heterocycles. The monoisotopic (exact) mass is 415 g/mol. The predicted octanol–water partition coefficient (Wildman–Crippen LogP) is 2.95. The highest BCUT2D eigenvalue weighted by molar-refractivity contribution is 7.91. The van der Waals surface area contributed by atoms with Crippen LogP contribution in [0.1, 0.15) is 42.5 Å². The number of ether oxygens (including phenoxy) is 1. The summed E-state index contributed by atoms with van der Waals surface area (Å²) in [6, 6.07) is 12.6. The number of carbonyl (C=O) groups is 2. The quantitative estimate of drug-likeness (QED) is 0.702. The van der Waals surface area contributed by atoms with E-state index in [9.17, 15) is 18.0 Å². The second-order valence-electron chi connectivity index (χ2n) is 7.90. The molecule has 0 unspecified atom stereocenters. The van der Waals surface area contributed by atoms with Gasteiger partial charge in [-0.3, -0.25) is 4.79 Å². The average Bonchev–Trinajstić information content (AvgIpc) is 3.36. The van der Waals surface area contributed by atoms with Gasteiger partial charge in [0.2, 0.25) is 0 Å². The number of sulfone groups is 1. The highest BCUT2D eigenvalue weighted by Gasteiger charge is 2.39. The van der Waals surface area contributed by atoms with E-state index in [1.54, 1.807) is 17.0 Å². The van der Waals surface area contributed by atoms with Gasteiger partial charge in [0, 0.05) is 12.1 Å². The molecule has 0 radical (unpaired) electrons. The van der Waals surface area contributed by atoms with E-state index in [0.29, 0.717) is 12.0 Å². The van der Waals surface area contributed by atoms with Gasteiger partial charge in [-0.1, -0.05) is 49.2 Å². The lowest BCUT2D eigenvalue weighted by atomic mass is 10.0. The van der Waals surface area contributed by atoms with Crippen molar-refractivity contribution in [3.8, 4) is 0 Å². The highest BCUT2D eigenvalue weighted by atomic mass is 32.2. The number of esters is 1. The summed E-state index contributed by atoms with van der Waals surface area (Å²) >= 11 is 0. The highest BCUT2D eigenvalue weighted by Crippen LogP contribution is 2.29. The van der Waals surface area contributed by atoms with Gasteiger partial charge in [-0.05, 0) is 36.1 Å². The first-order valence-corrected chi connectivity index (χ1v) is 11.9. The van der Waals surface area contributed by atoms with Crippen LogP contribution in [-0.2, 0) is 19.4 Å². The lowest BCUT2D eigenvalue weighted by molar-refractivity contribution is -0.139. The molecule has 1 aliphatic carbocycles. The molecule has 0 N–H and O–H groups in total. The summed E-state index contributed by atoms with van der Waals surface area (Å²) in [5.41, 5.74) is 0.423. The standard InChI is InChI=1S/C22H25NO5S/c24-21(23(17-8-2-3-9-17)18-12-13-29(26,27)15-18)14-28-22(25)20-11-5-7-16-6-1-4-10-19(16)20/h1,4-7,10-11,17-18H,2-3,8-9,12-15H2/t18-/m1/s1. The van der Waals surface area contributed by atoms with Gasteiger partial charge in [0.15, 0.2) is 16.4 Å². The second-order valence-corrected chi connectivity index (χ2v) is 10.1. The molecule has 1 heterocycles. The summed E-state index contributed by atoms with van der Waals surface area (Å²) < 4.78 is 29.2. The topological polar surface area (TPSA) is 80.8 Å². The molecule has 2 aromatic carbocycles. The van der Waals surface area contributed by atoms with Crippen molar-refractivity contribution in [1.82, 2.24) is 4.90 Å². The van der Waals surface area contributed by atoms with E-state index in [-0.39, 0.29) is 36.1 Å². The first-order chi connectivity index (χ1) is 13.9. The fraction of sp³-hybridized carbons (Fsp3) is 0.455. The Morgan fingerprint density at radius 1 is 0.966 bits per heavy atom. The number of carbonyl (C=O) groups excluding carboxylic acids is 2. The largest absolute Gasteiger partial charge is 0.452 e. The zero-order valence-electron chi connectivity index (χ0n) is 16.2. The van der Waals surface area contributed by atoms with Gasteiger partial charge in [0.25, 0.3) is 5.91 Å². The van der Waals surface area contributed by atoms with Gasteiger partial charge in [-0.25, -0.2) is 13.2 Å². The van der Waals surface area contributed by atoms with Crippen LogP contribution in [0.4, 0.5) is 0 Å². The van der Waals surface area contributed by atoms with E-state index >= 15 is 0 Å². The van der Waals surface area contributed by atoms with E-state index in [1.165, 1.54) is 0 Å². The summed E-state index contributed by atoms with van der Waals surface area (Å²) in [6.07, 6.45) is 4.27. The van der Waals surface area contributed by atoms with Crippen LogP contribution in [0, 0.1) is 0 Å². The van der Waals surface area contributed by atoms with Crippen molar-refractivity contribution >= 4 is 32.5 Å². The summed E-state index contributed by atoms with van der Waals surface area (Å²) in [6.45, 7) is -0.366. The SMILES string of the molecule is O=C(OCC(=O)N(C1CCCC1)[C@@H]1CCS(=O)(=O)C1)c1cccc2ccccc12. The van der Waals surface area contributed by atoms with Crippen LogP contribution in [-0.4, -0.2) is 55.4 Å². The summed E-state index contributed by atoms with van der Waals surface area (Å²) in [5, 5.41) is 1.71. The Morgan fingerprint density at radius 3 is 2.41 bits per heavy atom. The van der Waals surface area contributed by atoms with Gasteiger partial charge in [-0.2, -0.15) is 0 Å². The third kappa shape index (κ3) is 4.29. The molecule has 1 aliphatic heterocycles. The van der Waals surface area contributed by atoms with E-state index < -0.39 is 15.8 Å². The van der Waals surface area contributed by atoms with Crippen LogP contribution in [0.2, 0.25) is 0 Å². The Balaban J connectivity index is 1.48. The predicted molar refractivity (Wildman–Crippen MR) is 110 cm³/mol. The number of benzene rings is 2. The Labute approximate surface area is 170 Å². The molecule has 2 aliphatic rings. The molecule has 1 atom stereocenters. The first-order valence-electron chi connectivity index (χ1n) is 10.1. The number of rotatable bonds is 5. The third-order valence-electron chi connectivity index (χ3n) is 5.94. The van der Waals surface area contributed by atoms with Gasteiger partial charge < -0.3 is 9.64 Å². The van der Waals surface area contributed by atoms with Crippen molar-refractivity contribution in [2.24, 2.45) is 0 Å². The fourth-order valence-corrected chi connectivity index (χ4v) is 6.28. The number of hydrogen-bond acceptors (Lipinski definition) is 5. The third-order valence-corrected chi connectivity index (χ3v) is 7.69. The number of nitrogens with zero attached hydrogens (tertiary/aromatic N) is 1. The minimum Gasteiger partial charge on any atom is -0.452 e. The fourth-order valence-electron chi connectivity index (χ4n) is 4.57. The maximum absolute atomic E-state index is 13.0. The van der Waals surface area contributed by atoms with Gasteiger partial charge in [0.1, 0.15) is 0 Å². The molecular formula is C22H25NO5S. The number of amides is 1. The van der Waals surface area contributed by atoms with Gasteiger partial charge in [-0.15, -0.1) is 0 Å². The molecule has 4 rings (SSSR count). The Morgan fingerprint density at radius 2 is 1.69 bits per heavy atom. The lowest BCUT2D eigenvalue weighted by Gasteiger charge is -2.33. The molecule has 0 aromatic heterocycles. The first kappa shape index (κ1) is 19.9. The summed E-state index contributed by atoms with van der Waals surface area (Å²) in [5.74, 6) is -0.718. The molecule has 154 valence electrons. The molecule has 7 heteroatoms. The van der Waals surface area contributed by atoms with E-state index in [1.807, 2.05) is 30.3 Å². The maximum atomic E-state index is 13.0. The second kappa shape index (κ2) is 8.14. The van der Waals surface area contributed by atoms with Crippen molar-refractivity contribution in [3.05, 3.63) is 48.0 Å². The van der Waals surface area contributed by atoms with Crippen LogP contribution in [0.5, 0.6) is 0 Å². The van der Waals surface area contributed by atoms with Crippen LogP contribution in [0.15, 0.2) is 42.5 Å². The van der Waals surface area contributed by atoms with Crippen molar-refractivity contribution in [3.63, 3.8) is 0 Å². The lowest BCUT2D eigenvalue weighted by Crippen LogP contribution is -2.48. The van der Waals surface area contributed by atoms with E-state index in [2.05, 4.69) is 0 Å².